The van der Waals surface area contributed by atoms with Gasteiger partial charge in [-0.05, 0) is 12.5 Å². The fourth-order valence-electron chi connectivity index (χ4n) is 2.06. The van der Waals surface area contributed by atoms with Gasteiger partial charge in [0.1, 0.15) is 0 Å². The molecule has 0 unspecified atom stereocenters. The number of carbonyl (C=O) groups is 3. The minimum Gasteiger partial charge on any atom is -0.481 e. The van der Waals surface area contributed by atoms with Crippen LogP contribution in [0.4, 0.5) is 10.5 Å². The number of likely N-dealkylation sites (tertiary alicyclic amines) is 1. The minimum absolute atomic E-state index is 0.140. The van der Waals surface area contributed by atoms with Gasteiger partial charge in [-0.3, -0.25) is 14.5 Å². The molecule has 0 aliphatic carbocycles. The zero-order valence-corrected chi connectivity index (χ0v) is 12.3. The molecule has 1 saturated heterocycles. The van der Waals surface area contributed by atoms with Crippen LogP contribution in [0.2, 0.25) is 0 Å². The van der Waals surface area contributed by atoms with Gasteiger partial charge in [0, 0.05) is 32.0 Å². The van der Waals surface area contributed by atoms with Gasteiger partial charge in [0.2, 0.25) is 17.7 Å². The molecule has 2 rings (SSSR count). The Morgan fingerprint density at radius 2 is 2.05 bits per heavy atom. The molecule has 118 valence electrons. The average molecular weight is 306 g/mol. The summed E-state index contributed by atoms with van der Waals surface area (Å²) in [5.74, 6) is 0.184. The van der Waals surface area contributed by atoms with Crippen LogP contribution in [-0.2, 0) is 9.59 Å². The lowest BCUT2D eigenvalue weighted by Crippen LogP contribution is -2.34. The smallest absolute Gasteiger partial charge is 0.319 e. The average Bonchev–Trinajstić information content (AvgIpc) is 2.83. The number of ether oxygens (including phenoxy) is 1. The summed E-state index contributed by atoms with van der Waals surface area (Å²) >= 11 is 0. The molecule has 0 atom stereocenters. The number of rotatable bonds is 6. The van der Waals surface area contributed by atoms with E-state index in [9.17, 15) is 14.4 Å². The number of hydrogen-bond donors (Lipinski definition) is 2. The van der Waals surface area contributed by atoms with Crippen LogP contribution < -0.4 is 15.4 Å². The van der Waals surface area contributed by atoms with Gasteiger partial charge < -0.3 is 15.4 Å². The monoisotopic (exact) mass is 306 g/mol. The summed E-state index contributed by atoms with van der Waals surface area (Å²) in [4.78, 5) is 39.7. The zero-order chi connectivity index (χ0) is 15.9. The van der Waals surface area contributed by atoms with Crippen LogP contribution in [-0.4, -0.2) is 47.9 Å². The number of urea groups is 1. The molecular formula is C14H18N4O4. The highest BCUT2D eigenvalue weighted by molar-refractivity contribution is 6.01. The normalized spacial score (nSPS) is 14.1. The molecule has 2 heterocycles. The van der Waals surface area contributed by atoms with E-state index in [1.54, 1.807) is 12.1 Å². The van der Waals surface area contributed by atoms with Crippen LogP contribution in [0.1, 0.15) is 19.3 Å². The summed E-state index contributed by atoms with van der Waals surface area (Å²) in [6.45, 7) is 0.703. The van der Waals surface area contributed by atoms with E-state index in [1.165, 1.54) is 18.2 Å². The van der Waals surface area contributed by atoms with Gasteiger partial charge in [0.25, 0.3) is 0 Å². The second kappa shape index (κ2) is 7.39. The number of hydrogen-bond acceptors (Lipinski definition) is 5. The second-order valence-electron chi connectivity index (χ2n) is 4.76. The van der Waals surface area contributed by atoms with Crippen LogP contribution >= 0.6 is 0 Å². The quantitative estimate of drug-likeness (QED) is 0.596. The fraction of sp³-hybridized carbons (Fsp3) is 0.429. The number of pyridine rings is 1. The Hall–Kier alpha value is -2.64. The number of methoxy groups -OCH3 is 1. The highest BCUT2D eigenvalue weighted by Gasteiger charge is 2.27. The molecule has 1 fully saturated rings. The van der Waals surface area contributed by atoms with Gasteiger partial charge in [0.05, 0.1) is 19.0 Å². The molecule has 4 amide bonds. The topological polar surface area (TPSA) is 101 Å². The van der Waals surface area contributed by atoms with Gasteiger partial charge in [-0.15, -0.1) is 0 Å². The summed E-state index contributed by atoms with van der Waals surface area (Å²) < 4.78 is 4.92. The lowest BCUT2D eigenvalue weighted by Gasteiger charge is -2.13. The van der Waals surface area contributed by atoms with Crippen molar-refractivity contribution in [2.75, 3.05) is 25.5 Å². The van der Waals surface area contributed by atoms with Crippen molar-refractivity contribution >= 4 is 23.5 Å². The molecule has 1 aliphatic rings. The number of amides is 4. The van der Waals surface area contributed by atoms with Crippen molar-refractivity contribution in [1.82, 2.24) is 15.2 Å². The van der Waals surface area contributed by atoms with E-state index in [2.05, 4.69) is 15.6 Å². The lowest BCUT2D eigenvalue weighted by atomic mass is 10.4. The predicted molar refractivity (Wildman–Crippen MR) is 78.4 cm³/mol. The zero-order valence-electron chi connectivity index (χ0n) is 12.3. The van der Waals surface area contributed by atoms with E-state index in [-0.39, 0.29) is 30.7 Å². The maximum absolute atomic E-state index is 11.7. The Balaban J connectivity index is 1.67. The summed E-state index contributed by atoms with van der Waals surface area (Å²) in [5, 5.41) is 5.28. The van der Waals surface area contributed by atoms with E-state index >= 15 is 0 Å². The first-order chi connectivity index (χ1) is 10.6. The standard InChI is InChI=1S/C14H18N4O4/c1-22-11-4-3-10(9-16-11)17-14(21)15-7-2-8-18-12(19)5-6-13(18)20/h3-4,9H,2,5-8H2,1H3,(H2,15,17,21). The van der Waals surface area contributed by atoms with Crippen LogP contribution in [0, 0.1) is 0 Å². The first kappa shape index (κ1) is 15.7. The Kier molecular flexibility index (Phi) is 5.29. The minimum atomic E-state index is -0.369. The molecule has 0 aromatic carbocycles. The van der Waals surface area contributed by atoms with Gasteiger partial charge in [-0.2, -0.15) is 0 Å². The van der Waals surface area contributed by atoms with Gasteiger partial charge in [0.15, 0.2) is 0 Å². The maximum atomic E-state index is 11.7. The Morgan fingerprint density at radius 1 is 1.32 bits per heavy atom. The van der Waals surface area contributed by atoms with Crippen molar-refractivity contribution in [3.05, 3.63) is 18.3 Å². The van der Waals surface area contributed by atoms with E-state index in [0.29, 0.717) is 31.1 Å². The molecule has 22 heavy (non-hydrogen) atoms. The molecule has 0 radical (unpaired) electrons. The molecule has 0 spiro atoms. The van der Waals surface area contributed by atoms with Crippen LogP contribution in [0.25, 0.3) is 0 Å². The van der Waals surface area contributed by atoms with Crippen LogP contribution in [0.3, 0.4) is 0 Å². The Bertz CT molecular complexity index is 542. The van der Waals surface area contributed by atoms with Crippen LogP contribution in [0.15, 0.2) is 18.3 Å². The Morgan fingerprint density at radius 3 is 2.64 bits per heavy atom. The molecule has 2 N–H and O–H groups in total. The van der Waals surface area contributed by atoms with Crippen molar-refractivity contribution in [3.63, 3.8) is 0 Å². The van der Waals surface area contributed by atoms with Crippen molar-refractivity contribution in [2.45, 2.75) is 19.3 Å². The number of imide groups is 1. The first-order valence-corrected chi connectivity index (χ1v) is 6.98. The van der Waals surface area contributed by atoms with E-state index < -0.39 is 0 Å². The van der Waals surface area contributed by atoms with Crippen LogP contribution in [0.5, 0.6) is 5.88 Å². The molecule has 1 aromatic heterocycles. The number of carbonyl (C=O) groups excluding carboxylic acids is 3. The van der Waals surface area contributed by atoms with Crippen molar-refractivity contribution < 1.29 is 19.1 Å². The number of aromatic nitrogens is 1. The van der Waals surface area contributed by atoms with Gasteiger partial charge >= 0.3 is 6.03 Å². The molecule has 0 saturated carbocycles. The highest BCUT2D eigenvalue weighted by atomic mass is 16.5. The van der Waals surface area contributed by atoms with Gasteiger partial charge in [-0.1, -0.05) is 0 Å². The van der Waals surface area contributed by atoms with Crippen molar-refractivity contribution in [1.29, 1.82) is 0 Å². The third-order valence-corrected chi connectivity index (χ3v) is 3.20. The third-order valence-electron chi connectivity index (χ3n) is 3.20. The SMILES string of the molecule is COc1ccc(NC(=O)NCCCN2C(=O)CCC2=O)cn1. The maximum Gasteiger partial charge on any atom is 0.319 e. The van der Waals surface area contributed by atoms with E-state index in [4.69, 9.17) is 4.74 Å². The van der Waals surface area contributed by atoms with E-state index in [1.807, 2.05) is 0 Å². The Labute approximate surface area is 127 Å². The number of nitrogens with zero attached hydrogens (tertiary/aromatic N) is 2. The van der Waals surface area contributed by atoms with Gasteiger partial charge in [-0.25, -0.2) is 9.78 Å². The lowest BCUT2D eigenvalue weighted by molar-refractivity contribution is -0.138. The first-order valence-electron chi connectivity index (χ1n) is 6.98. The largest absolute Gasteiger partial charge is 0.481 e. The molecular weight excluding hydrogens is 288 g/mol. The highest BCUT2D eigenvalue weighted by Crippen LogP contribution is 2.12. The summed E-state index contributed by atoms with van der Waals surface area (Å²) in [5.41, 5.74) is 0.545. The summed E-state index contributed by atoms with van der Waals surface area (Å²) in [7, 11) is 1.51. The number of nitrogens with one attached hydrogen (secondary N) is 2. The summed E-state index contributed by atoms with van der Waals surface area (Å²) in [6, 6.07) is 2.94. The summed E-state index contributed by atoms with van der Waals surface area (Å²) in [6.07, 6.45) is 2.58. The second-order valence-corrected chi connectivity index (χ2v) is 4.76. The molecule has 1 aromatic rings. The van der Waals surface area contributed by atoms with Crippen molar-refractivity contribution in [3.8, 4) is 5.88 Å². The molecule has 8 heteroatoms. The fourth-order valence-corrected chi connectivity index (χ4v) is 2.06. The van der Waals surface area contributed by atoms with E-state index in [0.717, 1.165) is 0 Å². The third kappa shape index (κ3) is 4.18. The molecule has 8 nitrogen and oxygen atoms in total. The molecule has 0 bridgehead atoms. The predicted octanol–water partition coefficient (Wildman–Crippen LogP) is 0.751. The number of anilines is 1. The van der Waals surface area contributed by atoms with Crippen molar-refractivity contribution in [2.24, 2.45) is 0 Å². The molecule has 1 aliphatic heterocycles.